The monoisotopic (exact) mass is 262 g/mol. The lowest BCUT2D eigenvalue weighted by Crippen LogP contribution is -2.43. The highest BCUT2D eigenvalue weighted by atomic mass is 16.5. The van der Waals surface area contributed by atoms with Crippen LogP contribution < -0.4 is 10.1 Å². The van der Waals surface area contributed by atoms with Crippen LogP contribution in [0.3, 0.4) is 0 Å². The van der Waals surface area contributed by atoms with E-state index < -0.39 is 0 Å². The summed E-state index contributed by atoms with van der Waals surface area (Å²) in [5.74, 6) is 1.06. The summed E-state index contributed by atoms with van der Waals surface area (Å²) in [4.78, 5) is 2.55. The van der Waals surface area contributed by atoms with Crippen molar-refractivity contribution in [2.75, 3.05) is 39.3 Å². The quantitative estimate of drug-likeness (QED) is 0.851. The predicted molar refractivity (Wildman–Crippen MR) is 80.0 cm³/mol. The van der Waals surface area contributed by atoms with Gasteiger partial charge in [0, 0.05) is 26.2 Å². The Morgan fingerprint density at radius 3 is 2.79 bits per heavy atom. The summed E-state index contributed by atoms with van der Waals surface area (Å²) in [5.41, 5.74) is 2.68. The van der Waals surface area contributed by atoms with E-state index in [2.05, 4.69) is 35.3 Å². The molecule has 0 spiro atoms. The molecule has 1 fully saturated rings. The minimum absolute atomic E-state index is 0.744. The molecule has 0 saturated carbocycles. The number of nitrogens with one attached hydrogen (secondary N) is 1. The highest BCUT2D eigenvalue weighted by Crippen LogP contribution is 2.21. The molecule has 0 aliphatic carbocycles. The molecule has 2 rings (SSSR count). The molecule has 1 saturated heterocycles. The summed E-state index contributed by atoms with van der Waals surface area (Å²) in [6.07, 6.45) is 2.32. The summed E-state index contributed by atoms with van der Waals surface area (Å²) in [6.45, 7) is 10.8. The van der Waals surface area contributed by atoms with Gasteiger partial charge < -0.3 is 15.0 Å². The Hall–Kier alpha value is -1.06. The fraction of sp³-hybridized carbons (Fsp3) is 0.625. The molecule has 0 atom stereocenters. The second-order valence-electron chi connectivity index (χ2n) is 5.24. The van der Waals surface area contributed by atoms with Gasteiger partial charge in [0.2, 0.25) is 0 Å². The third-order valence-electron chi connectivity index (χ3n) is 3.65. The first kappa shape index (κ1) is 14.4. The van der Waals surface area contributed by atoms with Crippen molar-refractivity contribution in [2.24, 2.45) is 0 Å². The van der Waals surface area contributed by atoms with Gasteiger partial charge in [0.15, 0.2) is 0 Å². The van der Waals surface area contributed by atoms with Gasteiger partial charge in [-0.25, -0.2) is 0 Å². The highest BCUT2D eigenvalue weighted by Gasteiger charge is 2.10. The van der Waals surface area contributed by atoms with Crippen LogP contribution in [0.4, 0.5) is 0 Å². The summed E-state index contributed by atoms with van der Waals surface area (Å²) in [6, 6.07) is 6.51. The van der Waals surface area contributed by atoms with Crippen molar-refractivity contribution in [2.45, 2.75) is 26.7 Å². The number of nitrogens with zero attached hydrogens (tertiary/aromatic N) is 1. The standard InChI is InChI=1S/C16H26N2O/c1-3-19-16-7-6-14(2)13-15(16)5-4-10-18-11-8-17-9-12-18/h6-7,13,17H,3-5,8-12H2,1-2H3. The number of hydrogen-bond acceptors (Lipinski definition) is 3. The number of benzene rings is 1. The van der Waals surface area contributed by atoms with Crippen LogP contribution in [0.15, 0.2) is 18.2 Å². The van der Waals surface area contributed by atoms with Crippen LogP contribution in [-0.4, -0.2) is 44.2 Å². The summed E-state index contributed by atoms with van der Waals surface area (Å²) < 4.78 is 5.71. The minimum Gasteiger partial charge on any atom is -0.494 e. The first-order chi connectivity index (χ1) is 9.29. The van der Waals surface area contributed by atoms with E-state index in [-0.39, 0.29) is 0 Å². The lowest BCUT2D eigenvalue weighted by molar-refractivity contribution is 0.238. The van der Waals surface area contributed by atoms with E-state index in [1.165, 1.54) is 37.2 Å². The molecule has 0 unspecified atom stereocenters. The zero-order valence-electron chi connectivity index (χ0n) is 12.2. The van der Waals surface area contributed by atoms with E-state index in [4.69, 9.17) is 4.74 Å². The molecule has 1 aromatic carbocycles. The fourth-order valence-electron chi connectivity index (χ4n) is 2.63. The highest BCUT2D eigenvalue weighted by molar-refractivity contribution is 5.37. The average Bonchev–Trinajstić information content (AvgIpc) is 2.43. The molecule has 3 nitrogen and oxygen atoms in total. The maximum absolute atomic E-state index is 5.71. The Morgan fingerprint density at radius 1 is 1.26 bits per heavy atom. The van der Waals surface area contributed by atoms with E-state index in [0.717, 1.165) is 31.9 Å². The molecule has 1 aliphatic heterocycles. The van der Waals surface area contributed by atoms with Crippen LogP contribution in [0, 0.1) is 6.92 Å². The lowest BCUT2D eigenvalue weighted by Gasteiger charge is -2.27. The maximum atomic E-state index is 5.71. The molecule has 1 heterocycles. The van der Waals surface area contributed by atoms with E-state index in [0.29, 0.717) is 0 Å². The van der Waals surface area contributed by atoms with Gasteiger partial charge in [-0.05, 0) is 44.9 Å². The molecule has 0 bridgehead atoms. The van der Waals surface area contributed by atoms with Gasteiger partial charge in [-0.15, -0.1) is 0 Å². The second kappa shape index (κ2) is 7.51. The zero-order chi connectivity index (χ0) is 13.5. The van der Waals surface area contributed by atoms with Crippen LogP contribution >= 0.6 is 0 Å². The van der Waals surface area contributed by atoms with Gasteiger partial charge >= 0.3 is 0 Å². The molecule has 1 aliphatic rings. The van der Waals surface area contributed by atoms with Crippen LogP contribution in [0.2, 0.25) is 0 Å². The zero-order valence-corrected chi connectivity index (χ0v) is 12.2. The third-order valence-corrected chi connectivity index (χ3v) is 3.65. The molecule has 0 amide bonds. The van der Waals surface area contributed by atoms with Crippen LogP contribution in [0.5, 0.6) is 5.75 Å². The van der Waals surface area contributed by atoms with Gasteiger partial charge in [-0.3, -0.25) is 0 Å². The van der Waals surface area contributed by atoms with Crippen molar-refractivity contribution in [1.29, 1.82) is 0 Å². The van der Waals surface area contributed by atoms with Crippen molar-refractivity contribution < 1.29 is 4.74 Å². The van der Waals surface area contributed by atoms with E-state index in [9.17, 15) is 0 Å². The Labute approximate surface area is 116 Å². The Morgan fingerprint density at radius 2 is 2.05 bits per heavy atom. The molecule has 19 heavy (non-hydrogen) atoms. The van der Waals surface area contributed by atoms with Crippen LogP contribution in [0.1, 0.15) is 24.5 Å². The van der Waals surface area contributed by atoms with Gasteiger partial charge in [0.05, 0.1) is 6.61 Å². The van der Waals surface area contributed by atoms with Crippen molar-refractivity contribution in [3.05, 3.63) is 29.3 Å². The van der Waals surface area contributed by atoms with Crippen LogP contribution in [0.25, 0.3) is 0 Å². The van der Waals surface area contributed by atoms with Gasteiger partial charge in [0.25, 0.3) is 0 Å². The second-order valence-corrected chi connectivity index (χ2v) is 5.24. The van der Waals surface area contributed by atoms with E-state index in [1.807, 2.05) is 6.92 Å². The summed E-state index contributed by atoms with van der Waals surface area (Å²) in [7, 11) is 0. The number of piperazine rings is 1. The van der Waals surface area contributed by atoms with Crippen molar-refractivity contribution >= 4 is 0 Å². The summed E-state index contributed by atoms with van der Waals surface area (Å²) >= 11 is 0. The molecular formula is C16H26N2O. The SMILES string of the molecule is CCOc1ccc(C)cc1CCCN1CCNCC1. The number of rotatable bonds is 6. The third kappa shape index (κ3) is 4.51. The first-order valence-electron chi connectivity index (χ1n) is 7.45. The molecule has 3 heteroatoms. The topological polar surface area (TPSA) is 24.5 Å². The molecule has 0 radical (unpaired) electrons. The number of hydrogen-bond donors (Lipinski definition) is 1. The normalized spacial score (nSPS) is 16.5. The van der Waals surface area contributed by atoms with Crippen molar-refractivity contribution in [3.63, 3.8) is 0 Å². The first-order valence-corrected chi connectivity index (χ1v) is 7.45. The largest absolute Gasteiger partial charge is 0.494 e. The molecular weight excluding hydrogens is 236 g/mol. The average molecular weight is 262 g/mol. The Kier molecular flexibility index (Phi) is 5.67. The fourth-order valence-corrected chi connectivity index (χ4v) is 2.63. The molecule has 106 valence electrons. The minimum atomic E-state index is 0.744. The smallest absolute Gasteiger partial charge is 0.122 e. The summed E-state index contributed by atoms with van der Waals surface area (Å²) in [5, 5.41) is 3.39. The van der Waals surface area contributed by atoms with Crippen molar-refractivity contribution in [1.82, 2.24) is 10.2 Å². The Balaban J connectivity index is 1.85. The van der Waals surface area contributed by atoms with Gasteiger partial charge in [-0.1, -0.05) is 17.7 Å². The Bertz CT molecular complexity index is 386. The molecule has 1 N–H and O–H groups in total. The van der Waals surface area contributed by atoms with Crippen molar-refractivity contribution in [3.8, 4) is 5.75 Å². The van der Waals surface area contributed by atoms with E-state index >= 15 is 0 Å². The predicted octanol–water partition coefficient (Wildman–Crippen LogP) is 2.23. The molecule has 0 aromatic heterocycles. The van der Waals surface area contributed by atoms with Gasteiger partial charge in [-0.2, -0.15) is 0 Å². The lowest BCUT2D eigenvalue weighted by atomic mass is 10.1. The van der Waals surface area contributed by atoms with E-state index in [1.54, 1.807) is 0 Å². The number of aryl methyl sites for hydroxylation is 2. The van der Waals surface area contributed by atoms with Gasteiger partial charge in [0.1, 0.15) is 5.75 Å². The molecule has 1 aromatic rings. The number of ether oxygens (including phenoxy) is 1. The van der Waals surface area contributed by atoms with Crippen LogP contribution in [-0.2, 0) is 6.42 Å². The maximum Gasteiger partial charge on any atom is 0.122 e.